The number of nitrogens with zero attached hydrogens (tertiary/aromatic N) is 3. The quantitative estimate of drug-likeness (QED) is 0.683. The van der Waals surface area contributed by atoms with Gasteiger partial charge in [0.05, 0.1) is 24.2 Å². The molecule has 132 valence electrons. The molecule has 26 heavy (non-hydrogen) atoms. The molecule has 6 nitrogen and oxygen atoms in total. The van der Waals surface area contributed by atoms with Gasteiger partial charge >= 0.3 is 0 Å². The maximum Gasteiger partial charge on any atom is 0.197 e. The minimum absolute atomic E-state index is 0.332. The standard InChI is InChI=1S/C20H19N3O3/c1-13(26-15-10-8-14(25-3)9-11-15)19(24)16(12-21)20-22-17-6-4-5-7-18(17)23(20)2/h4-11,13,16H,1-3H3. The van der Waals surface area contributed by atoms with Crippen LogP contribution in [0.15, 0.2) is 48.5 Å². The third kappa shape index (κ3) is 3.24. The number of ketones is 1. The van der Waals surface area contributed by atoms with Crippen LogP contribution in [0.1, 0.15) is 18.7 Å². The summed E-state index contributed by atoms with van der Waals surface area (Å²) in [6.07, 6.45) is -0.784. The largest absolute Gasteiger partial charge is 0.497 e. The lowest BCUT2D eigenvalue weighted by molar-refractivity contribution is -0.125. The zero-order valence-electron chi connectivity index (χ0n) is 14.8. The average Bonchev–Trinajstić information content (AvgIpc) is 3.00. The molecule has 0 bridgehead atoms. The molecule has 0 N–H and O–H groups in total. The smallest absolute Gasteiger partial charge is 0.197 e. The average molecular weight is 349 g/mol. The van der Waals surface area contributed by atoms with Crippen LogP contribution in [0.25, 0.3) is 11.0 Å². The number of para-hydroxylation sites is 2. The third-order valence-electron chi connectivity index (χ3n) is 4.27. The second kappa shape index (κ2) is 7.28. The van der Waals surface area contributed by atoms with Crippen LogP contribution in [-0.4, -0.2) is 28.5 Å². The summed E-state index contributed by atoms with van der Waals surface area (Å²) in [5.41, 5.74) is 1.63. The van der Waals surface area contributed by atoms with E-state index in [-0.39, 0.29) is 5.78 Å². The van der Waals surface area contributed by atoms with E-state index in [1.54, 1.807) is 49.9 Å². The summed E-state index contributed by atoms with van der Waals surface area (Å²) in [4.78, 5) is 17.3. The van der Waals surface area contributed by atoms with Gasteiger partial charge in [-0.3, -0.25) is 4.79 Å². The molecule has 2 unspecified atom stereocenters. The Hall–Kier alpha value is -3.33. The summed E-state index contributed by atoms with van der Waals surface area (Å²) in [6.45, 7) is 1.64. The molecule has 0 aliphatic heterocycles. The predicted octanol–water partition coefficient (Wildman–Crippen LogP) is 3.23. The monoisotopic (exact) mass is 349 g/mol. The minimum atomic E-state index is -0.999. The van der Waals surface area contributed by atoms with Crippen molar-refractivity contribution in [3.63, 3.8) is 0 Å². The lowest BCUT2D eigenvalue weighted by Gasteiger charge is -2.16. The van der Waals surface area contributed by atoms with Gasteiger partial charge in [0.2, 0.25) is 0 Å². The predicted molar refractivity (Wildman–Crippen MR) is 97.2 cm³/mol. The van der Waals surface area contributed by atoms with Gasteiger partial charge in [-0.1, -0.05) is 12.1 Å². The van der Waals surface area contributed by atoms with Crippen LogP contribution in [0.5, 0.6) is 11.5 Å². The molecule has 6 heteroatoms. The Morgan fingerprint density at radius 3 is 2.42 bits per heavy atom. The van der Waals surface area contributed by atoms with Gasteiger partial charge in [-0.2, -0.15) is 5.26 Å². The van der Waals surface area contributed by atoms with Gasteiger partial charge in [-0.15, -0.1) is 0 Å². The number of hydrogen-bond acceptors (Lipinski definition) is 5. The van der Waals surface area contributed by atoms with Crippen LogP contribution < -0.4 is 9.47 Å². The molecule has 0 spiro atoms. The summed E-state index contributed by atoms with van der Waals surface area (Å²) in [5.74, 6) is 0.325. The first-order valence-electron chi connectivity index (χ1n) is 8.20. The third-order valence-corrected chi connectivity index (χ3v) is 4.27. The second-order valence-electron chi connectivity index (χ2n) is 5.92. The van der Waals surface area contributed by atoms with E-state index in [4.69, 9.17) is 9.47 Å². The van der Waals surface area contributed by atoms with Crippen LogP contribution in [0, 0.1) is 11.3 Å². The Balaban J connectivity index is 1.83. The SMILES string of the molecule is COc1ccc(OC(C)C(=O)C(C#N)c2nc3ccccc3n2C)cc1. The number of nitriles is 1. The van der Waals surface area contributed by atoms with Crippen molar-refractivity contribution in [2.75, 3.05) is 7.11 Å². The number of rotatable bonds is 6. The molecule has 1 aromatic heterocycles. The lowest BCUT2D eigenvalue weighted by Crippen LogP contribution is -2.30. The van der Waals surface area contributed by atoms with E-state index in [0.717, 1.165) is 11.0 Å². The fourth-order valence-corrected chi connectivity index (χ4v) is 2.82. The Bertz CT molecular complexity index is 970. The van der Waals surface area contributed by atoms with Crippen LogP contribution >= 0.6 is 0 Å². The number of Topliss-reactive ketones (excluding diaryl/α,β-unsaturated/α-hetero) is 1. The van der Waals surface area contributed by atoms with Crippen molar-refractivity contribution in [1.82, 2.24) is 9.55 Å². The van der Waals surface area contributed by atoms with Crippen molar-refractivity contribution >= 4 is 16.8 Å². The van der Waals surface area contributed by atoms with E-state index >= 15 is 0 Å². The number of fused-ring (bicyclic) bond motifs is 1. The summed E-state index contributed by atoms with van der Waals surface area (Å²) in [6, 6.07) is 16.5. The maximum absolute atomic E-state index is 12.8. The van der Waals surface area contributed by atoms with Gasteiger partial charge in [0.1, 0.15) is 17.3 Å². The Morgan fingerprint density at radius 2 is 1.81 bits per heavy atom. The molecule has 1 heterocycles. The number of hydrogen-bond donors (Lipinski definition) is 0. The van der Waals surface area contributed by atoms with Crippen LogP contribution in [0.3, 0.4) is 0 Å². The molecule has 0 amide bonds. The fourth-order valence-electron chi connectivity index (χ4n) is 2.82. The van der Waals surface area contributed by atoms with E-state index in [1.165, 1.54) is 0 Å². The first kappa shape index (κ1) is 17.5. The van der Waals surface area contributed by atoms with Crippen molar-refractivity contribution in [3.05, 3.63) is 54.4 Å². The van der Waals surface area contributed by atoms with E-state index in [9.17, 15) is 10.1 Å². The Kier molecular flexibility index (Phi) is 4.90. The van der Waals surface area contributed by atoms with Crippen molar-refractivity contribution in [2.45, 2.75) is 18.9 Å². The van der Waals surface area contributed by atoms with E-state index < -0.39 is 12.0 Å². The number of carbonyl (C=O) groups excluding carboxylic acids is 1. The zero-order chi connectivity index (χ0) is 18.7. The highest BCUT2D eigenvalue weighted by Gasteiger charge is 2.30. The highest BCUT2D eigenvalue weighted by Crippen LogP contribution is 2.24. The summed E-state index contributed by atoms with van der Waals surface area (Å²) < 4.78 is 12.6. The van der Waals surface area contributed by atoms with Gasteiger partial charge in [-0.25, -0.2) is 4.98 Å². The first-order valence-corrected chi connectivity index (χ1v) is 8.20. The molecule has 2 atom stereocenters. The topological polar surface area (TPSA) is 77.1 Å². The molecule has 0 saturated carbocycles. The summed E-state index contributed by atoms with van der Waals surface area (Å²) >= 11 is 0. The molecular weight excluding hydrogens is 330 g/mol. The van der Waals surface area contributed by atoms with Crippen molar-refractivity contribution in [1.29, 1.82) is 5.26 Å². The number of methoxy groups -OCH3 is 1. The first-order chi connectivity index (χ1) is 12.5. The normalized spacial score (nSPS) is 13.0. The minimum Gasteiger partial charge on any atom is -0.497 e. The van der Waals surface area contributed by atoms with Crippen molar-refractivity contribution in [3.8, 4) is 17.6 Å². The van der Waals surface area contributed by atoms with E-state index in [2.05, 4.69) is 11.1 Å². The molecule has 0 saturated heterocycles. The van der Waals surface area contributed by atoms with E-state index in [1.807, 2.05) is 24.3 Å². The van der Waals surface area contributed by atoms with Gasteiger partial charge in [-0.05, 0) is 43.3 Å². The fraction of sp³-hybridized carbons (Fsp3) is 0.250. The Morgan fingerprint density at radius 1 is 1.15 bits per heavy atom. The van der Waals surface area contributed by atoms with Gasteiger partial charge in [0.25, 0.3) is 0 Å². The molecule has 3 rings (SSSR count). The molecule has 2 aromatic carbocycles. The highest BCUT2D eigenvalue weighted by atomic mass is 16.5. The van der Waals surface area contributed by atoms with Gasteiger partial charge < -0.3 is 14.0 Å². The van der Waals surface area contributed by atoms with Crippen molar-refractivity contribution in [2.24, 2.45) is 7.05 Å². The molecule has 0 fully saturated rings. The van der Waals surface area contributed by atoms with E-state index in [0.29, 0.717) is 17.3 Å². The van der Waals surface area contributed by atoms with Crippen molar-refractivity contribution < 1.29 is 14.3 Å². The van der Waals surface area contributed by atoms with Gasteiger partial charge in [0.15, 0.2) is 17.8 Å². The lowest BCUT2D eigenvalue weighted by atomic mass is 10.0. The maximum atomic E-state index is 12.8. The summed E-state index contributed by atoms with van der Waals surface area (Å²) in [5, 5.41) is 9.59. The molecule has 0 radical (unpaired) electrons. The van der Waals surface area contributed by atoms with Crippen LogP contribution in [0.4, 0.5) is 0 Å². The molecular formula is C20H19N3O3. The number of imidazole rings is 1. The van der Waals surface area contributed by atoms with Gasteiger partial charge in [0, 0.05) is 7.05 Å². The summed E-state index contributed by atoms with van der Waals surface area (Å²) in [7, 11) is 3.38. The molecule has 0 aliphatic rings. The van der Waals surface area contributed by atoms with Crippen LogP contribution in [-0.2, 0) is 11.8 Å². The number of carbonyl (C=O) groups is 1. The number of ether oxygens (including phenoxy) is 2. The van der Waals surface area contributed by atoms with Crippen LogP contribution in [0.2, 0.25) is 0 Å². The molecule has 0 aliphatic carbocycles. The number of aromatic nitrogens is 2. The molecule has 3 aromatic rings. The Labute approximate surface area is 151 Å². The highest BCUT2D eigenvalue weighted by molar-refractivity contribution is 5.92. The number of aryl methyl sites for hydroxylation is 1. The second-order valence-corrected chi connectivity index (χ2v) is 5.92. The zero-order valence-corrected chi connectivity index (χ0v) is 14.8. The number of benzene rings is 2.